The average molecular weight is 246 g/mol. The maximum absolute atomic E-state index is 6.05. The van der Waals surface area contributed by atoms with E-state index >= 15 is 0 Å². The lowest BCUT2D eigenvalue weighted by Gasteiger charge is -2.12. The minimum absolute atomic E-state index is 0.0753. The summed E-state index contributed by atoms with van der Waals surface area (Å²) >= 11 is 11.8. The van der Waals surface area contributed by atoms with Gasteiger partial charge in [-0.05, 0) is 24.1 Å². The molecule has 2 N–H and O–H groups in total. The van der Waals surface area contributed by atoms with E-state index in [1.165, 1.54) is 12.8 Å². The average Bonchev–Trinajstić information content (AvgIpc) is 2.22. The molecule has 0 amide bonds. The van der Waals surface area contributed by atoms with Gasteiger partial charge in [-0.3, -0.25) is 0 Å². The zero-order valence-electron chi connectivity index (χ0n) is 8.97. The van der Waals surface area contributed by atoms with Gasteiger partial charge >= 0.3 is 0 Å². The molecule has 0 heterocycles. The molecule has 0 spiro atoms. The SMILES string of the molecule is CCCCC[C@@H](N)c1ccc(Cl)c(Cl)c1. The second-order valence-electron chi connectivity index (χ2n) is 3.78. The molecule has 1 rings (SSSR count). The summed E-state index contributed by atoms with van der Waals surface area (Å²) in [4.78, 5) is 0. The van der Waals surface area contributed by atoms with Crippen molar-refractivity contribution in [2.75, 3.05) is 0 Å². The predicted molar refractivity (Wildman–Crippen MR) is 67.5 cm³/mol. The third-order valence-electron chi connectivity index (χ3n) is 2.49. The second kappa shape index (κ2) is 6.37. The van der Waals surface area contributed by atoms with Crippen LogP contribution < -0.4 is 5.73 Å². The standard InChI is InChI=1S/C12H17Cl2N/c1-2-3-4-5-12(15)9-6-7-10(13)11(14)8-9/h6-8,12H,2-5,15H2,1H3/t12-/m1/s1. The zero-order valence-corrected chi connectivity index (χ0v) is 10.5. The molecule has 0 saturated carbocycles. The van der Waals surface area contributed by atoms with E-state index in [1.807, 2.05) is 12.1 Å². The van der Waals surface area contributed by atoms with E-state index in [2.05, 4.69) is 6.92 Å². The first-order chi connectivity index (χ1) is 7.15. The summed E-state index contributed by atoms with van der Waals surface area (Å²) in [5.41, 5.74) is 7.12. The molecule has 1 atom stereocenters. The maximum Gasteiger partial charge on any atom is 0.0595 e. The summed E-state index contributed by atoms with van der Waals surface area (Å²) < 4.78 is 0. The Morgan fingerprint density at radius 2 is 1.93 bits per heavy atom. The largest absolute Gasteiger partial charge is 0.324 e. The van der Waals surface area contributed by atoms with Crippen molar-refractivity contribution in [3.8, 4) is 0 Å². The number of rotatable bonds is 5. The van der Waals surface area contributed by atoms with Crippen LogP contribution in [0.25, 0.3) is 0 Å². The van der Waals surface area contributed by atoms with Crippen molar-refractivity contribution >= 4 is 23.2 Å². The third-order valence-corrected chi connectivity index (χ3v) is 3.23. The van der Waals surface area contributed by atoms with Gasteiger partial charge in [-0.25, -0.2) is 0 Å². The van der Waals surface area contributed by atoms with Crippen LogP contribution in [0.5, 0.6) is 0 Å². The molecule has 1 nitrogen and oxygen atoms in total. The van der Waals surface area contributed by atoms with Crippen molar-refractivity contribution in [1.82, 2.24) is 0 Å². The van der Waals surface area contributed by atoms with E-state index in [1.54, 1.807) is 6.07 Å². The number of unbranched alkanes of at least 4 members (excludes halogenated alkanes) is 2. The van der Waals surface area contributed by atoms with Gasteiger partial charge in [0, 0.05) is 6.04 Å². The van der Waals surface area contributed by atoms with Crippen LogP contribution >= 0.6 is 23.2 Å². The van der Waals surface area contributed by atoms with Crippen LogP contribution in [0, 0.1) is 0 Å². The molecule has 84 valence electrons. The van der Waals surface area contributed by atoms with Gasteiger partial charge in [-0.15, -0.1) is 0 Å². The monoisotopic (exact) mass is 245 g/mol. The number of nitrogens with two attached hydrogens (primary N) is 1. The first kappa shape index (κ1) is 12.8. The lowest BCUT2D eigenvalue weighted by Crippen LogP contribution is -2.09. The summed E-state index contributed by atoms with van der Waals surface area (Å²) in [5.74, 6) is 0. The summed E-state index contributed by atoms with van der Waals surface area (Å²) in [6.45, 7) is 2.19. The second-order valence-corrected chi connectivity index (χ2v) is 4.59. The lowest BCUT2D eigenvalue weighted by atomic mass is 10.0. The van der Waals surface area contributed by atoms with Crippen LogP contribution in [0.3, 0.4) is 0 Å². The van der Waals surface area contributed by atoms with Crippen molar-refractivity contribution in [3.63, 3.8) is 0 Å². The van der Waals surface area contributed by atoms with Gasteiger partial charge < -0.3 is 5.73 Å². The van der Waals surface area contributed by atoms with Crippen molar-refractivity contribution in [2.45, 2.75) is 38.6 Å². The van der Waals surface area contributed by atoms with Crippen LogP contribution in [0.2, 0.25) is 10.0 Å². The molecule has 1 aromatic carbocycles. The molecule has 0 radical (unpaired) electrons. The van der Waals surface area contributed by atoms with Crippen LogP contribution in [0.4, 0.5) is 0 Å². The smallest absolute Gasteiger partial charge is 0.0595 e. The molecule has 1 aromatic rings. The molecule has 15 heavy (non-hydrogen) atoms. The summed E-state index contributed by atoms with van der Waals surface area (Å²) in [6.07, 6.45) is 4.62. The topological polar surface area (TPSA) is 26.0 Å². The Morgan fingerprint density at radius 1 is 1.20 bits per heavy atom. The van der Waals surface area contributed by atoms with Crippen LogP contribution in [0.1, 0.15) is 44.2 Å². The van der Waals surface area contributed by atoms with Crippen molar-refractivity contribution in [2.24, 2.45) is 5.73 Å². The highest BCUT2D eigenvalue weighted by Gasteiger charge is 2.07. The molecule has 0 aliphatic carbocycles. The Labute approximate surface area is 102 Å². The fraction of sp³-hybridized carbons (Fsp3) is 0.500. The minimum atomic E-state index is 0.0753. The van der Waals surface area contributed by atoms with E-state index in [4.69, 9.17) is 28.9 Å². The van der Waals surface area contributed by atoms with Crippen molar-refractivity contribution < 1.29 is 0 Å². The van der Waals surface area contributed by atoms with Gasteiger partial charge in [0.25, 0.3) is 0 Å². The Morgan fingerprint density at radius 3 is 2.53 bits per heavy atom. The highest BCUT2D eigenvalue weighted by Crippen LogP contribution is 2.26. The van der Waals surface area contributed by atoms with E-state index in [0.717, 1.165) is 18.4 Å². The summed E-state index contributed by atoms with van der Waals surface area (Å²) in [7, 11) is 0. The van der Waals surface area contributed by atoms with Crippen molar-refractivity contribution in [1.29, 1.82) is 0 Å². The first-order valence-electron chi connectivity index (χ1n) is 5.35. The first-order valence-corrected chi connectivity index (χ1v) is 6.11. The maximum atomic E-state index is 6.05. The summed E-state index contributed by atoms with van der Waals surface area (Å²) in [5, 5.41) is 1.17. The van der Waals surface area contributed by atoms with Gasteiger partial charge in [0.1, 0.15) is 0 Å². The predicted octanol–water partition coefficient (Wildman–Crippen LogP) is 4.57. The molecule has 0 aliphatic heterocycles. The fourth-order valence-electron chi connectivity index (χ4n) is 1.52. The number of halogens is 2. The number of hydrogen-bond acceptors (Lipinski definition) is 1. The molecule has 0 bridgehead atoms. The van der Waals surface area contributed by atoms with Gasteiger partial charge in [0.15, 0.2) is 0 Å². The van der Waals surface area contributed by atoms with Gasteiger partial charge in [-0.1, -0.05) is 55.5 Å². The normalized spacial score (nSPS) is 12.8. The van der Waals surface area contributed by atoms with Crippen LogP contribution in [-0.2, 0) is 0 Å². The molecule has 0 aromatic heterocycles. The molecule has 0 fully saturated rings. The fourth-order valence-corrected chi connectivity index (χ4v) is 1.83. The van der Waals surface area contributed by atoms with Crippen LogP contribution in [-0.4, -0.2) is 0 Å². The third kappa shape index (κ3) is 4.02. The molecule has 0 saturated heterocycles. The molecule has 0 unspecified atom stereocenters. The molecular weight excluding hydrogens is 229 g/mol. The molecule has 3 heteroatoms. The molecular formula is C12H17Cl2N. The highest BCUT2D eigenvalue weighted by molar-refractivity contribution is 6.42. The van der Waals surface area contributed by atoms with Gasteiger partial charge in [-0.2, -0.15) is 0 Å². The summed E-state index contributed by atoms with van der Waals surface area (Å²) in [6, 6.07) is 5.69. The highest BCUT2D eigenvalue weighted by atomic mass is 35.5. The minimum Gasteiger partial charge on any atom is -0.324 e. The quantitative estimate of drug-likeness (QED) is 0.756. The zero-order chi connectivity index (χ0) is 11.3. The van der Waals surface area contributed by atoms with E-state index in [0.29, 0.717) is 10.0 Å². The number of hydrogen-bond donors (Lipinski definition) is 1. The van der Waals surface area contributed by atoms with E-state index in [-0.39, 0.29) is 6.04 Å². The Hall–Kier alpha value is -0.240. The van der Waals surface area contributed by atoms with Gasteiger partial charge in [0.05, 0.1) is 10.0 Å². The Bertz CT molecular complexity index is 312. The van der Waals surface area contributed by atoms with Crippen LogP contribution in [0.15, 0.2) is 18.2 Å². The van der Waals surface area contributed by atoms with Crippen molar-refractivity contribution in [3.05, 3.63) is 33.8 Å². The lowest BCUT2D eigenvalue weighted by molar-refractivity contribution is 0.581. The van der Waals surface area contributed by atoms with Gasteiger partial charge in [0.2, 0.25) is 0 Å². The number of benzene rings is 1. The molecule has 0 aliphatic rings. The van der Waals surface area contributed by atoms with E-state index in [9.17, 15) is 0 Å². The van der Waals surface area contributed by atoms with E-state index < -0.39 is 0 Å². The Balaban J connectivity index is 2.57. The Kier molecular flexibility index (Phi) is 5.44.